The highest BCUT2D eigenvalue weighted by molar-refractivity contribution is 7.99. The zero-order valence-corrected chi connectivity index (χ0v) is 13.4. The predicted octanol–water partition coefficient (Wildman–Crippen LogP) is 2.31. The molecule has 1 heterocycles. The van der Waals surface area contributed by atoms with Crippen LogP contribution in [0.5, 0.6) is 0 Å². The minimum atomic E-state index is 0.0441. The first-order valence-corrected chi connectivity index (χ1v) is 8.38. The summed E-state index contributed by atoms with van der Waals surface area (Å²) in [5.74, 6) is 7.99. The maximum Gasteiger partial charge on any atom is 0.255 e. The maximum absolute atomic E-state index is 12.8. The van der Waals surface area contributed by atoms with Crippen LogP contribution in [0, 0.1) is 18.8 Å². The minimum absolute atomic E-state index is 0.0441. The van der Waals surface area contributed by atoms with Gasteiger partial charge in [0.05, 0.1) is 12.2 Å². The summed E-state index contributed by atoms with van der Waals surface area (Å²) in [4.78, 5) is 14.7. The Balaban J connectivity index is 2.30. The van der Waals surface area contributed by atoms with Crippen molar-refractivity contribution in [1.29, 1.82) is 0 Å². The summed E-state index contributed by atoms with van der Waals surface area (Å²) in [6.07, 6.45) is 0.429. The molecule has 0 bridgehead atoms. The third kappa shape index (κ3) is 4.03. The van der Waals surface area contributed by atoms with E-state index in [-0.39, 0.29) is 18.6 Å². The molecule has 0 aliphatic carbocycles. The summed E-state index contributed by atoms with van der Waals surface area (Å²) >= 11 is 1.89. The Labute approximate surface area is 130 Å². The van der Waals surface area contributed by atoms with Gasteiger partial charge >= 0.3 is 0 Å². The Bertz CT molecular complexity index is 574. The molecule has 1 fully saturated rings. The Kier molecular flexibility index (Phi) is 5.72. The van der Waals surface area contributed by atoms with E-state index in [1.165, 1.54) is 0 Å². The summed E-state index contributed by atoms with van der Waals surface area (Å²) in [5.41, 5.74) is 2.52. The first-order valence-electron chi connectivity index (χ1n) is 7.22. The number of aryl methyl sites for hydroxylation is 1. The van der Waals surface area contributed by atoms with Crippen molar-refractivity contribution in [3.8, 4) is 11.8 Å². The quantitative estimate of drug-likeness (QED) is 0.852. The smallest absolute Gasteiger partial charge is 0.255 e. The predicted molar refractivity (Wildman–Crippen MR) is 87.6 cm³/mol. The van der Waals surface area contributed by atoms with Gasteiger partial charge in [0.2, 0.25) is 0 Å². The molecule has 1 atom stereocenters. The fourth-order valence-electron chi connectivity index (χ4n) is 2.35. The number of aliphatic hydroxyl groups is 1. The molecule has 0 aromatic heterocycles. The summed E-state index contributed by atoms with van der Waals surface area (Å²) in [6, 6.07) is 6.03. The molecule has 0 saturated carbocycles. The normalized spacial score (nSPS) is 18.0. The largest absolute Gasteiger partial charge is 0.395 e. The first kappa shape index (κ1) is 15.9. The molecular formula is C17H21NO2S. The fourth-order valence-corrected chi connectivity index (χ4v) is 3.36. The zero-order valence-electron chi connectivity index (χ0n) is 12.6. The molecule has 1 saturated heterocycles. The average Bonchev–Trinajstić information content (AvgIpc) is 2.47. The standard InChI is InChI=1S/C17H21NO2S/c1-13-6-7-16(15(11-13)5-3-4-9-19)17(20)18-8-10-21-12-14(18)2/h6-7,11,14,19H,4,8-10,12H2,1-2H3. The van der Waals surface area contributed by atoms with Gasteiger partial charge in [-0.2, -0.15) is 11.8 Å². The van der Waals surface area contributed by atoms with Gasteiger partial charge in [-0.1, -0.05) is 17.9 Å². The summed E-state index contributed by atoms with van der Waals surface area (Å²) in [7, 11) is 0. The van der Waals surface area contributed by atoms with Crippen molar-refractivity contribution < 1.29 is 9.90 Å². The van der Waals surface area contributed by atoms with E-state index >= 15 is 0 Å². The second-order valence-electron chi connectivity index (χ2n) is 5.25. The number of carbonyl (C=O) groups is 1. The molecule has 21 heavy (non-hydrogen) atoms. The molecule has 4 heteroatoms. The van der Waals surface area contributed by atoms with Crippen molar-refractivity contribution in [2.75, 3.05) is 24.7 Å². The molecule has 1 N–H and O–H groups in total. The van der Waals surface area contributed by atoms with Crippen LogP contribution in [0.1, 0.15) is 34.8 Å². The molecule has 1 aromatic carbocycles. The van der Waals surface area contributed by atoms with E-state index < -0.39 is 0 Å². The van der Waals surface area contributed by atoms with Gasteiger partial charge in [0.1, 0.15) is 0 Å². The lowest BCUT2D eigenvalue weighted by Crippen LogP contribution is -2.44. The number of aliphatic hydroxyl groups excluding tert-OH is 1. The lowest BCUT2D eigenvalue weighted by atomic mass is 10.0. The van der Waals surface area contributed by atoms with Crippen molar-refractivity contribution in [3.63, 3.8) is 0 Å². The second-order valence-corrected chi connectivity index (χ2v) is 6.40. The number of nitrogens with zero attached hydrogens (tertiary/aromatic N) is 1. The van der Waals surface area contributed by atoms with Gasteiger partial charge < -0.3 is 10.0 Å². The SMILES string of the molecule is Cc1ccc(C(=O)N2CCSCC2C)c(C#CCCO)c1. The van der Waals surface area contributed by atoms with Gasteiger partial charge in [-0.3, -0.25) is 4.79 Å². The van der Waals surface area contributed by atoms with Crippen LogP contribution < -0.4 is 0 Å². The molecule has 0 radical (unpaired) electrons. The van der Waals surface area contributed by atoms with Crippen molar-refractivity contribution in [2.45, 2.75) is 26.3 Å². The van der Waals surface area contributed by atoms with Crippen LogP contribution in [-0.2, 0) is 0 Å². The Morgan fingerprint density at radius 2 is 2.33 bits per heavy atom. The molecule has 1 aliphatic rings. The van der Waals surface area contributed by atoms with Crippen LogP contribution in [-0.4, -0.2) is 46.6 Å². The van der Waals surface area contributed by atoms with Gasteiger partial charge in [-0.15, -0.1) is 0 Å². The van der Waals surface area contributed by atoms with Gasteiger partial charge in [-0.25, -0.2) is 0 Å². The van der Waals surface area contributed by atoms with Crippen LogP contribution in [0.4, 0.5) is 0 Å². The van der Waals surface area contributed by atoms with Crippen LogP contribution in [0.25, 0.3) is 0 Å². The highest BCUT2D eigenvalue weighted by Crippen LogP contribution is 2.20. The minimum Gasteiger partial charge on any atom is -0.395 e. The van der Waals surface area contributed by atoms with E-state index in [2.05, 4.69) is 18.8 Å². The van der Waals surface area contributed by atoms with Gasteiger partial charge in [0, 0.05) is 36.1 Å². The van der Waals surface area contributed by atoms with Crippen molar-refractivity contribution in [2.24, 2.45) is 0 Å². The number of benzene rings is 1. The fraction of sp³-hybridized carbons (Fsp3) is 0.471. The van der Waals surface area contributed by atoms with Crippen LogP contribution in [0.2, 0.25) is 0 Å². The van der Waals surface area contributed by atoms with Crippen molar-refractivity contribution >= 4 is 17.7 Å². The number of hydrogen-bond acceptors (Lipinski definition) is 3. The van der Waals surface area contributed by atoms with Crippen molar-refractivity contribution in [1.82, 2.24) is 4.90 Å². The molecule has 112 valence electrons. The van der Waals surface area contributed by atoms with Crippen molar-refractivity contribution in [3.05, 3.63) is 34.9 Å². The second kappa shape index (κ2) is 7.53. The summed E-state index contributed by atoms with van der Waals surface area (Å²) < 4.78 is 0. The summed E-state index contributed by atoms with van der Waals surface area (Å²) in [5, 5.41) is 8.84. The Morgan fingerprint density at radius 1 is 1.52 bits per heavy atom. The Morgan fingerprint density at radius 3 is 3.05 bits per heavy atom. The Hall–Kier alpha value is -1.44. The number of amides is 1. The van der Waals surface area contributed by atoms with E-state index in [1.54, 1.807) is 0 Å². The zero-order chi connectivity index (χ0) is 15.2. The third-order valence-electron chi connectivity index (χ3n) is 3.49. The number of hydrogen-bond donors (Lipinski definition) is 1. The molecular weight excluding hydrogens is 282 g/mol. The molecule has 1 amide bonds. The molecule has 1 unspecified atom stereocenters. The molecule has 1 aliphatic heterocycles. The third-order valence-corrected chi connectivity index (χ3v) is 4.68. The van der Waals surface area contributed by atoms with Crippen LogP contribution in [0.3, 0.4) is 0 Å². The lowest BCUT2D eigenvalue weighted by Gasteiger charge is -2.33. The topological polar surface area (TPSA) is 40.5 Å². The number of rotatable bonds is 2. The molecule has 1 aromatic rings. The van der Waals surface area contributed by atoms with E-state index in [0.29, 0.717) is 12.0 Å². The number of thioether (sulfide) groups is 1. The lowest BCUT2D eigenvalue weighted by molar-refractivity contribution is 0.0715. The molecule has 3 nitrogen and oxygen atoms in total. The number of carbonyl (C=O) groups excluding carboxylic acids is 1. The van der Waals surface area contributed by atoms with Gasteiger partial charge in [-0.05, 0) is 31.5 Å². The van der Waals surface area contributed by atoms with E-state index in [9.17, 15) is 4.79 Å². The van der Waals surface area contributed by atoms with Gasteiger partial charge in [0.15, 0.2) is 0 Å². The van der Waals surface area contributed by atoms with Gasteiger partial charge in [0.25, 0.3) is 5.91 Å². The first-order chi connectivity index (χ1) is 10.1. The average molecular weight is 303 g/mol. The molecule has 2 rings (SSSR count). The maximum atomic E-state index is 12.8. The highest BCUT2D eigenvalue weighted by atomic mass is 32.2. The highest BCUT2D eigenvalue weighted by Gasteiger charge is 2.25. The monoisotopic (exact) mass is 303 g/mol. The van der Waals surface area contributed by atoms with Crippen LogP contribution >= 0.6 is 11.8 Å². The van der Waals surface area contributed by atoms with Crippen LogP contribution in [0.15, 0.2) is 18.2 Å². The summed E-state index contributed by atoms with van der Waals surface area (Å²) in [6.45, 7) is 4.92. The van der Waals surface area contributed by atoms with E-state index in [1.807, 2.05) is 41.8 Å². The van der Waals surface area contributed by atoms with E-state index in [0.717, 1.165) is 29.2 Å². The van der Waals surface area contributed by atoms with E-state index in [4.69, 9.17) is 5.11 Å². The molecule has 0 spiro atoms.